The molecule has 0 fully saturated rings. The molecule has 2 rings (SSSR count). The number of para-hydroxylation sites is 1. The van der Waals surface area contributed by atoms with Crippen molar-refractivity contribution in [2.75, 3.05) is 30.3 Å². The van der Waals surface area contributed by atoms with Crippen LogP contribution in [0, 0.1) is 20.8 Å². The number of rotatable bonds is 8. The highest BCUT2D eigenvalue weighted by molar-refractivity contribution is 7.92. The molecule has 0 atom stereocenters. The Bertz CT molecular complexity index is 910. The molecule has 0 spiro atoms. The van der Waals surface area contributed by atoms with Gasteiger partial charge >= 0.3 is 0 Å². The minimum Gasteiger partial charge on any atom is -0.491 e. The van der Waals surface area contributed by atoms with Gasteiger partial charge in [-0.15, -0.1) is 0 Å². The molecule has 0 saturated carbocycles. The lowest BCUT2D eigenvalue weighted by Crippen LogP contribution is -2.41. The molecular formula is C20H26N2O4S. The number of ether oxygens (including phenoxy) is 1. The van der Waals surface area contributed by atoms with Crippen LogP contribution in [-0.4, -0.2) is 40.3 Å². The number of carbonyl (C=O) groups is 1. The zero-order valence-corrected chi connectivity index (χ0v) is 17.0. The first-order valence-corrected chi connectivity index (χ1v) is 10.5. The Morgan fingerprint density at radius 3 is 2.44 bits per heavy atom. The second-order valence-corrected chi connectivity index (χ2v) is 8.43. The second-order valence-electron chi connectivity index (χ2n) is 6.52. The molecule has 27 heavy (non-hydrogen) atoms. The van der Waals surface area contributed by atoms with Crippen LogP contribution in [-0.2, 0) is 14.8 Å². The van der Waals surface area contributed by atoms with Gasteiger partial charge in [0.2, 0.25) is 15.9 Å². The van der Waals surface area contributed by atoms with Crippen LogP contribution in [0.3, 0.4) is 0 Å². The quantitative estimate of drug-likeness (QED) is 0.703. The predicted molar refractivity (Wildman–Crippen MR) is 108 cm³/mol. The largest absolute Gasteiger partial charge is 0.491 e. The summed E-state index contributed by atoms with van der Waals surface area (Å²) in [6.45, 7) is 6.08. The van der Waals surface area contributed by atoms with E-state index >= 15 is 0 Å². The van der Waals surface area contributed by atoms with E-state index < -0.39 is 10.0 Å². The molecule has 0 aliphatic carbocycles. The summed E-state index contributed by atoms with van der Waals surface area (Å²) in [6, 6.07) is 13.0. The van der Waals surface area contributed by atoms with E-state index in [0.29, 0.717) is 12.3 Å². The number of nitrogens with one attached hydrogen (secondary N) is 1. The number of carbonyl (C=O) groups excluding carboxylic acids is 1. The summed E-state index contributed by atoms with van der Waals surface area (Å²) in [7, 11) is -3.58. The molecule has 0 aliphatic rings. The number of benzene rings is 2. The molecule has 0 radical (unpaired) electrons. The monoisotopic (exact) mass is 390 g/mol. The van der Waals surface area contributed by atoms with E-state index in [4.69, 9.17) is 4.74 Å². The lowest BCUT2D eigenvalue weighted by Gasteiger charge is -2.23. The van der Waals surface area contributed by atoms with E-state index in [9.17, 15) is 13.2 Å². The van der Waals surface area contributed by atoms with Gasteiger partial charge in [-0.3, -0.25) is 9.10 Å². The number of aryl methyl sites for hydroxylation is 3. The third-order valence-electron chi connectivity index (χ3n) is 4.10. The summed E-state index contributed by atoms with van der Waals surface area (Å²) in [5.41, 5.74) is 3.41. The summed E-state index contributed by atoms with van der Waals surface area (Å²) in [6.07, 6.45) is 1.09. The summed E-state index contributed by atoms with van der Waals surface area (Å²) in [4.78, 5) is 12.2. The molecule has 0 aliphatic heterocycles. The molecule has 2 aromatic rings. The molecule has 1 N–H and O–H groups in total. The van der Waals surface area contributed by atoms with Crippen LogP contribution in [0.4, 0.5) is 5.69 Å². The van der Waals surface area contributed by atoms with Crippen molar-refractivity contribution in [1.29, 1.82) is 0 Å². The van der Waals surface area contributed by atoms with Crippen molar-refractivity contribution < 1.29 is 17.9 Å². The van der Waals surface area contributed by atoms with Gasteiger partial charge in [-0.1, -0.05) is 30.3 Å². The topological polar surface area (TPSA) is 75.7 Å². The molecule has 0 saturated heterocycles. The van der Waals surface area contributed by atoms with Gasteiger partial charge in [-0.2, -0.15) is 0 Å². The van der Waals surface area contributed by atoms with Crippen LogP contribution in [0.2, 0.25) is 0 Å². The number of hydrogen-bond donors (Lipinski definition) is 1. The van der Waals surface area contributed by atoms with Crippen molar-refractivity contribution >= 4 is 21.6 Å². The Hall–Kier alpha value is -2.54. The fourth-order valence-electron chi connectivity index (χ4n) is 2.62. The van der Waals surface area contributed by atoms with Gasteiger partial charge in [-0.25, -0.2) is 8.42 Å². The Morgan fingerprint density at radius 2 is 1.78 bits per heavy atom. The van der Waals surface area contributed by atoms with E-state index in [2.05, 4.69) is 5.32 Å². The standard InChI is InChI=1S/C20H26N2O4S/c1-15-9-10-17(3)19(13-15)26-12-11-21-20(23)14-22(27(4,24)25)18-8-6-5-7-16(18)2/h5-10,13H,11-12,14H2,1-4H3,(H,21,23). The molecule has 2 aromatic carbocycles. The van der Waals surface area contributed by atoms with E-state index in [1.54, 1.807) is 12.1 Å². The van der Waals surface area contributed by atoms with Crippen molar-refractivity contribution in [3.63, 3.8) is 0 Å². The fraction of sp³-hybridized carbons (Fsp3) is 0.350. The molecule has 1 amide bonds. The number of amides is 1. The maximum Gasteiger partial charge on any atom is 0.240 e. The van der Waals surface area contributed by atoms with Gasteiger partial charge in [0.25, 0.3) is 0 Å². The minimum atomic E-state index is -3.58. The first-order valence-electron chi connectivity index (χ1n) is 8.68. The fourth-order valence-corrected chi connectivity index (χ4v) is 3.54. The second kappa shape index (κ2) is 8.90. The van der Waals surface area contributed by atoms with E-state index in [0.717, 1.165) is 33.0 Å². The highest BCUT2D eigenvalue weighted by Gasteiger charge is 2.21. The summed E-state index contributed by atoms with van der Waals surface area (Å²) in [5.74, 6) is 0.398. The maximum atomic E-state index is 12.2. The minimum absolute atomic E-state index is 0.271. The highest BCUT2D eigenvalue weighted by atomic mass is 32.2. The van der Waals surface area contributed by atoms with Gasteiger partial charge in [0.1, 0.15) is 18.9 Å². The smallest absolute Gasteiger partial charge is 0.240 e. The average Bonchev–Trinajstić information content (AvgIpc) is 2.59. The predicted octanol–water partition coefficient (Wildman–Crippen LogP) is 2.57. The lowest BCUT2D eigenvalue weighted by atomic mass is 10.1. The van der Waals surface area contributed by atoms with Gasteiger partial charge in [0.15, 0.2) is 0 Å². The molecule has 0 heterocycles. The van der Waals surface area contributed by atoms with Gasteiger partial charge < -0.3 is 10.1 Å². The Kier molecular flexibility index (Phi) is 6.85. The molecule has 6 nitrogen and oxygen atoms in total. The van der Waals surface area contributed by atoms with Gasteiger partial charge in [-0.05, 0) is 49.6 Å². The molecule has 7 heteroatoms. The Labute approximate surface area is 161 Å². The molecule has 146 valence electrons. The summed E-state index contributed by atoms with van der Waals surface area (Å²) < 4.78 is 31.1. The number of nitrogens with zero attached hydrogens (tertiary/aromatic N) is 1. The van der Waals surface area contributed by atoms with Crippen LogP contribution < -0.4 is 14.4 Å². The van der Waals surface area contributed by atoms with E-state index in [-0.39, 0.29) is 19.0 Å². The number of sulfonamides is 1. The molecule has 0 unspecified atom stereocenters. The Balaban J connectivity index is 1.93. The SMILES string of the molecule is Cc1ccc(C)c(OCCNC(=O)CN(c2ccccc2C)S(C)(=O)=O)c1. The lowest BCUT2D eigenvalue weighted by molar-refractivity contribution is -0.119. The molecule has 0 aromatic heterocycles. The third kappa shape index (κ3) is 5.99. The van der Waals surface area contributed by atoms with E-state index in [1.807, 2.05) is 51.1 Å². The van der Waals surface area contributed by atoms with Crippen LogP contribution in [0.5, 0.6) is 5.75 Å². The Morgan fingerprint density at radius 1 is 1.07 bits per heavy atom. The first kappa shape index (κ1) is 20.8. The van der Waals surface area contributed by atoms with E-state index in [1.165, 1.54) is 0 Å². The number of hydrogen-bond acceptors (Lipinski definition) is 4. The number of anilines is 1. The maximum absolute atomic E-state index is 12.2. The van der Waals surface area contributed by atoms with Gasteiger partial charge in [0, 0.05) is 0 Å². The van der Waals surface area contributed by atoms with Crippen molar-refractivity contribution in [3.05, 3.63) is 59.2 Å². The molecular weight excluding hydrogens is 364 g/mol. The summed E-state index contributed by atoms with van der Waals surface area (Å²) >= 11 is 0. The normalized spacial score (nSPS) is 11.1. The van der Waals surface area contributed by atoms with Crippen molar-refractivity contribution in [2.24, 2.45) is 0 Å². The summed E-state index contributed by atoms with van der Waals surface area (Å²) in [5, 5.41) is 2.71. The average molecular weight is 391 g/mol. The van der Waals surface area contributed by atoms with Crippen molar-refractivity contribution in [2.45, 2.75) is 20.8 Å². The third-order valence-corrected chi connectivity index (χ3v) is 5.22. The zero-order chi connectivity index (χ0) is 20.0. The zero-order valence-electron chi connectivity index (χ0n) is 16.2. The van der Waals surface area contributed by atoms with Crippen LogP contribution in [0.25, 0.3) is 0 Å². The first-order chi connectivity index (χ1) is 12.7. The van der Waals surface area contributed by atoms with Crippen LogP contribution in [0.15, 0.2) is 42.5 Å². The van der Waals surface area contributed by atoms with Crippen LogP contribution in [0.1, 0.15) is 16.7 Å². The molecule has 0 bridgehead atoms. The van der Waals surface area contributed by atoms with Crippen LogP contribution >= 0.6 is 0 Å². The van der Waals surface area contributed by atoms with Gasteiger partial charge in [0.05, 0.1) is 18.5 Å². The highest BCUT2D eigenvalue weighted by Crippen LogP contribution is 2.21. The van der Waals surface area contributed by atoms with Crippen molar-refractivity contribution in [1.82, 2.24) is 5.32 Å². The van der Waals surface area contributed by atoms with Crippen molar-refractivity contribution in [3.8, 4) is 5.75 Å².